The molecule has 7 nitrogen and oxygen atoms in total. The number of aromatic nitrogens is 3. The van der Waals surface area contributed by atoms with Gasteiger partial charge in [0, 0.05) is 11.6 Å². The Balaban J connectivity index is 1.82. The second-order valence-corrected chi connectivity index (χ2v) is 7.01. The number of para-hydroxylation sites is 2. The Morgan fingerprint density at radius 3 is 2.43 bits per heavy atom. The van der Waals surface area contributed by atoms with Crippen molar-refractivity contribution in [2.45, 2.75) is 26.3 Å². The van der Waals surface area contributed by atoms with E-state index >= 15 is 0 Å². The molecule has 1 aliphatic rings. The van der Waals surface area contributed by atoms with Gasteiger partial charge in [0.1, 0.15) is 12.4 Å². The van der Waals surface area contributed by atoms with Gasteiger partial charge in [0.2, 0.25) is 11.8 Å². The highest BCUT2D eigenvalue weighted by Crippen LogP contribution is 2.32. The summed E-state index contributed by atoms with van der Waals surface area (Å²) in [5, 5.41) is 11.4. The van der Waals surface area contributed by atoms with Crippen LogP contribution in [0.25, 0.3) is 17.1 Å². The highest BCUT2D eigenvalue weighted by molar-refractivity contribution is 6.02. The number of hydrogen-bond donors (Lipinski definition) is 1. The van der Waals surface area contributed by atoms with Gasteiger partial charge in [-0.1, -0.05) is 42.5 Å². The van der Waals surface area contributed by atoms with E-state index in [1.54, 1.807) is 0 Å². The molecule has 28 heavy (non-hydrogen) atoms. The number of hydrogen-bond acceptors (Lipinski definition) is 4. The highest BCUT2D eigenvalue weighted by Gasteiger charge is 2.30. The zero-order valence-electron chi connectivity index (χ0n) is 15.8. The van der Waals surface area contributed by atoms with E-state index in [2.05, 4.69) is 15.5 Å². The normalized spacial score (nSPS) is 13.1. The largest absolute Gasteiger partial charge is 0.352 e. The quantitative estimate of drug-likeness (QED) is 0.759. The molecule has 0 saturated heterocycles. The van der Waals surface area contributed by atoms with Gasteiger partial charge in [-0.15, -0.1) is 10.2 Å². The predicted octanol–water partition coefficient (Wildman–Crippen LogP) is 2.35. The van der Waals surface area contributed by atoms with Crippen molar-refractivity contribution in [3.05, 3.63) is 60.4 Å². The molecule has 0 saturated carbocycles. The molecule has 4 rings (SSSR count). The van der Waals surface area contributed by atoms with Gasteiger partial charge in [0.05, 0.1) is 17.8 Å². The Bertz CT molecular complexity index is 1030. The molecule has 7 heteroatoms. The van der Waals surface area contributed by atoms with Crippen molar-refractivity contribution >= 4 is 17.5 Å². The van der Waals surface area contributed by atoms with Crippen LogP contribution in [0.1, 0.15) is 19.7 Å². The van der Waals surface area contributed by atoms with Crippen LogP contribution in [0.4, 0.5) is 5.69 Å². The molecule has 0 unspecified atom stereocenters. The maximum absolute atomic E-state index is 13.0. The first-order valence-electron chi connectivity index (χ1n) is 9.23. The molecule has 0 bridgehead atoms. The number of carbonyl (C=O) groups excluding carboxylic acids is 2. The summed E-state index contributed by atoms with van der Waals surface area (Å²) in [6.45, 7) is 3.75. The number of fused-ring (bicyclic) bond motifs is 3. The Hall–Kier alpha value is -3.48. The fourth-order valence-corrected chi connectivity index (χ4v) is 3.39. The average molecular weight is 375 g/mol. The Morgan fingerprint density at radius 2 is 1.71 bits per heavy atom. The lowest BCUT2D eigenvalue weighted by Gasteiger charge is -2.23. The van der Waals surface area contributed by atoms with Crippen LogP contribution in [0.3, 0.4) is 0 Å². The summed E-state index contributed by atoms with van der Waals surface area (Å²) in [7, 11) is 0. The molecule has 142 valence electrons. The average Bonchev–Trinajstić information content (AvgIpc) is 3.05. The van der Waals surface area contributed by atoms with Gasteiger partial charge >= 0.3 is 0 Å². The maximum Gasteiger partial charge on any atom is 0.240 e. The van der Waals surface area contributed by atoms with Crippen LogP contribution in [0.2, 0.25) is 0 Å². The second-order valence-electron chi connectivity index (χ2n) is 7.01. The van der Waals surface area contributed by atoms with Gasteiger partial charge in [-0.05, 0) is 26.0 Å². The van der Waals surface area contributed by atoms with Crippen molar-refractivity contribution in [2.24, 2.45) is 0 Å². The summed E-state index contributed by atoms with van der Waals surface area (Å²) in [5.41, 5.74) is 2.36. The summed E-state index contributed by atoms with van der Waals surface area (Å²) in [6.07, 6.45) is 0.0729. The van der Waals surface area contributed by atoms with Crippen molar-refractivity contribution in [2.75, 3.05) is 11.4 Å². The molecule has 2 amide bonds. The van der Waals surface area contributed by atoms with Crippen LogP contribution in [-0.4, -0.2) is 39.2 Å². The maximum atomic E-state index is 13.0. The van der Waals surface area contributed by atoms with Crippen LogP contribution < -0.4 is 10.2 Å². The summed E-state index contributed by atoms with van der Waals surface area (Å²) < 4.78 is 1.91. The van der Waals surface area contributed by atoms with Gasteiger partial charge in [0.25, 0.3) is 0 Å². The molecule has 1 aliphatic heterocycles. The molecule has 0 fully saturated rings. The smallest absolute Gasteiger partial charge is 0.240 e. The minimum atomic E-state index is -0.195. The third kappa shape index (κ3) is 3.26. The van der Waals surface area contributed by atoms with E-state index in [0.717, 1.165) is 11.3 Å². The second kappa shape index (κ2) is 7.26. The number of amides is 2. The standard InChI is InChI=1S/C21H21N5O2/c1-14(2)22-19(27)13-25-16-10-6-7-11-17(16)26-18(12-20(25)28)23-24-21(26)15-8-4-3-5-9-15/h3-11,14H,12-13H2,1-2H3,(H,22,27). The fraction of sp³-hybridized carbons (Fsp3) is 0.238. The molecule has 0 spiro atoms. The lowest BCUT2D eigenvalue weighted by Crippen LogP contribution is -2.43. The van der Waals surface area contributed by atoms with Gasteiger partial charge < -0.3 is 10.2 Å². The lowest BCUT2D eigenvalue weighted by atomic mass is 10.2. The molecule has 2 heterocycles. The first kappa shape index (κ1) is 17.9. The zero-order chi connectivity index (χ0) is 19.7. The SMILES string of the molecule is CC(C)NC(=O)CN1C(=O)Cc2nnc(-c3ccccc3)n2-c2ccccc21. The van der Waals surface area contributed by atoms with Gasteiger partial charge in [-0.3, -0.25) is 14.2 Å². The first-order valence-corrected chi connectivity index (χ1v) is 9.23. The molecule has 0 atom stereocenters. The Labute approximate surface area is 163 Å². The highest BCUT2D eigenvalue weighted by atomic mass is 16.2. The molecular weight excluding hydrogens is 354 g/mol. The number of nitrogens with zero attached hydrogens (tertiary/aromatic N) is 4. The van der Waals surface area contributed by atoms with E-state index in [4.69, 9.17) is 0 Å². The molecule has 1 N–H and O–H groups in total. The molecule has 1 aromatic heterocycles. The molecule has 2 aromatic carbocycles. The Morgan fingerprint density at radius 1 is 1.04 bits per heavy atom. The van der Waals surface area contributed by atoms with Crippen molar-refractivity contribution < 1.29 is 9.59 Å². The third-order valence-corrected chi connectivity index (χ3v) is 4.54. The van der Waals surface area contributed by atoms with Crippen molar-refractivity contribution in [3.63, 3.8) is 0 Å². The summed E-state index contributed by atoms with van der Waals surface area (Å²) in [4.78, 5) is 26.8. The van der Waals surface area contributed by atoms with Gasteiger partial charge in [-0.2, -0.15) is 0 Å². The summed E-state index contributed by atoms with van der Waals surface area (Å²) >= 11 is 0. The van der Waals surface area contributed by atoms with E-state index in [1.165, 1.54) is 4.90 Å². The van der Waals surface area contributed by atoms with E-state index in [1.807, 2.05) is 73.0 Å². The molecule has 0 radical (unpaired) electrons. The van der Waals surface area contributed by atoms with Crippen LogP contribution in [0.15, 0.2) is 54.6 Å². The topological polar surface area (TPSA) is 80.1 Å². The minimum absolute atomic E-state index is 0.00847. The third-order valence-electron chi connectivity index (χ3n) is 4.54. The number of anilines is 1. The molecule has 0 aliphatic carbocycles. The zero-order valence-corrected chi connectivity index (χ0v) is 15.8. The van der Waals surface area contributed by atoms with Crippen LogP contribution in [0.5, 0.6) is 0 Å². The number of carbonyl (C=O) groups is 2. The van der Waals surface area contributed by atoms with E-state index in [-0.39, 0.29) is 30.8 Å². The van der Waals surface area contributed by atoms with E-state index < -0.39 is 0 Å². The van der Waals surface area contributed by atoms with Crippen molar-refractivity contribution in [1.29, 1.82) is 0 Å². The predicted molar refractivity (Wildman–Crippen MR) is 106 cm³/mol. The fourth-order valence-electron chi connectivity index (χ4n) is 3.39. The lowest BCUT2D eigenvalue weighted by molar-refractivity contribution is -0.123. The molecule has 3 aromatic rings. The van der Waals surface area contributed by atoms with E-state index in [0.29, 0.717) is 17.3 Å². The van der Waals surface area contributed by atoms with Crippen molar-refractivity contribution in [1.82, 2.24) is 20.1 Å². The summed E-state index contributed by atoms with van der Waals surface area (Å²) in [6, 6.07) is 17.3. The minimum Gasteiger partial charge on any atom is -0.352 e. The Kier molecular flexibility index (Phi) is 4.65. The van der Waals surface area contributed by atoms with E-state index in [9.17, 15) is 9.59 Å². The number of benzene rings is 2. The van der Waals surface area contributed by atoms with Crippen LogP contribution in [0, 0.1) is 0 Å². The van der Waals surface area contributed by atoms with Crippen LogP contribution >= 0.6 is 0 Å². The summed E-state index contributed by atoms with van der Waals surface area (Å²) in [5.74, 6) is 0.851. The van der Waals surface area contributed by atoms with Gasteiger partial charge in [-0.25, -0.2) is 0 Å². The van der Waals surface area contributed by atoms with Gasteiger partial charge in [0.15, 0.2) is 5.82 Å². The number of rotatable bonds is 4. The monoisotopic (exact) mass is 375 g/mol. The van der Waals surface area contributed by atoms with Crippen LogP contribution in [-0.2, 0) is 16.0 Å². The molecular formula is C21H21N5O2. The first-order chi connectivity index (χ1) is 13.5. The van der Waals surface area contributed by atoms with Crippen molar-refractivity contribution in [3.8, 4) is 17.1 Å². The number of nitrogens with one attached hydrogen (secondary N) is 1.